The van der Waals surface area contributed by atoms with Gasteiger partial charge in [0.2, 0.25) is 5.28 Å². The lowest BCUT2D eigenvalue weighted by Crippen LogP contribution is -2.20. The van der Waals surface area contributed by atoms with Crippen molar-refractivity contribution < 1.29 is 20.0 Å². The van der Waals surface area contributed by atoms with Crippen LogP contribution in [0.25, 0.3) is 22.4 Å². The van der Waals surface area contributed by atoms with E-state index < -0.39 is 36.7 Å². The molecule has 1 aromatic carbocycles. The molecule has 148 valence electrons. The van der Waals surface area contributed by atoms with Crippen LogP contribution in [0.15, 0.2) is 53.6 Å². The summed E-state index contributed by atoms with van der Waals surface area (Å²) in [7, 11) is 0. The van der Waals surface area contributed by atoms with Gasteiger partial charge in [0.05, 0.1) is 9.24 Å². The molecule has 3 aromatic heterocycles. The fourth-order valence-corrected chi connectivity index (χ4v) is 2.78. The second-order valence-electron chi connectivity index (χ2n) is 5.93. The predicted octanol–water partition coefficient (Wildman–Crippen LogP) is 3.91. The minimum Gasteiger partial charge on any atom is -0.333 e. The van der Waals surface area contributed by atoms with E-state index in [-0.39, 0.29) is 22.1 Å². The van der Waals surface area contributed by atoms with Gasteiger partial charge >= 0.3 is 6.18 Å². The lowest BCUT2D eigenvalue weighted by atomic mass is 10.1. The maximum absolute atomic E-state index is 13.1. The van der Waals surface area contributed by atoms with Crippen LogP contribution in [0.4, 0.5) is 13.2 Å². The Morgan fingerprint density at radius 2 is 1.93 bits per heavy atom. The standard InChI is InChI=1S/C19H13ClF3N5O/c1-27-10-14(19(21,22)23)25-16(27)12-4-2-11(3-5-12)9-28-15(29)7-6-13-8-24-18(20)26-17(13)28/h2-8,10H,9H2,1H3/i1D3,9D2. The highest BCUT2D eigenvalue weighted by Gasteiger charge is 2.34. The van der Waals surface area contributed by atoms with E-state index in [0.29, 0.717) is 16.2 Å². The normalized spacial score (nSPS) is 15.4. The topological polar surface area (TPSA) is 65.6 Å². The second-order valence-corrected chi connectivity index (χ2v) is 6.27. The molecule has 0 aliphatic carbocycles. The third kappa shape index (κ3) is 3.73. The monoisotopic (exact) mass is 424 g/mol. The molecule has 3 heterocycles. The van der Waals surface area contributed by atoms with Gasteiger partial charge in [0.15, 0.2) is 5.69 Å². The van der Waals surface area contributed by atoms with Crippen LogP contribution in [0.3, 0.4) is 0 Å². The van der Waals surface area contributed by atoms with Crippen LogP contribution in [-0.4, -0.2) is 24.1 Å². The van der Waals surface area contributed by atoms with E-state index in [2.05, 4.69) is 15.0 Å². The van der Waals surface area contributed by atoms with Crippen LogP contribution in [0.2, 0.25) is 5.28 Å². The number of aromatic nitrogens is 5. The van der Waals surface area contributed by atoms with Gasteiger partial charge in [-0.25, -0.2) is 9.97 Å². The van der Waals surface area contributed by atoms with Gasteiger partial charge in [-0.05, 0) is 23.2 Å². The molecule has 0 amide bonds. The molecule has 0 aliphatic rings. The van der Waals surface area contributed by atoms with E-state index in [1.807, 2.05) is 0 Å². The third-order valence-corrected chi connectivity index (χ3v) is 4.17. The lowest BCUT2D eigenvalue weighted by Gasteiger charge is -2.10. The molecule has 0 fully saturated rings. The summed E-state index contributed by atoms with van der Waals surface area (Å²) in [4.78, 5) is 23.7. The average molecular weight is 425 g/mol. The predicted molar refractivity (Wildman–Crippen MR) is 102 cm³/mol. The summed E-state index contributed by atoms with van der Waals surface area (Å²) in [5.74, 6) is -0.471. The summed E-state index contributed by atoms with van der Waals surface area (Å²) in [6, 6.07) is 7.42. The van der Waals surface area contributed by atoms with Gasteiger partial charge in [-0.15, -0.1) is 0 Å². The lowest BCUT2D eigenvalue weighted by molar-refractivity contribution is -0.140. The van der Waals surface area contributed by atoms with Crippen molar-refractivity contribution in [1.82, 2.24) is 24.1 Å². The van der Waals surface area contributed by atoms with Crippen molar-refractivity contribution in [1.29, 1.82) is 0 Å². The summed E-state index contributed by atoms with van der Waals surface area (Å²) < 4.78 is 80.3. The van der Waals surface area contributed by atoms with E-state index >= 15 is 0 Å². The van der Waals surface area contributed by atoms with E-state index in [4.69, 9.17) is 18.5 Å². The number of fused-ring (bicyclic) bond motifs is 1. The minimum atomic E-state index is -4.86. The van der Waals surface area contributed by atoms with Crippen molar-refractivity contribution in [2.75, 3.05) is 0 Å². The highest BCUT2D eigenvalue weighted by atomic mass is 35.5. The molecule has 0 aliphatic heterocycles. The Morgan fingerprint density at radius 3 is 2.62 bits per heavy atom. The summed E-state index contributed by atoms with van der Waals surface area (Å²) in [6.07, 6.45) is -3.14. The fraction of sp³-hybridized carbons (Fsp3) is 0.158. The van der Waals surface area contributed by atoms with Crippen molar-refractivity contribution in [3.05, 3.63) is 75.7 Å². The largest absolute Gasteiger partial charge is 0.434 e. The van der Waals surface area contributed by atoms with Crippen LogP contribution in [0.1, 0.15) is 18.1 Å². The van der Waals surface area contributed by atoms with E-state index in [1.165, 1.54) is 36.5 Å². The van der Waals surface area contributed by atoms with Crippen molar-refractivity contribution in [2.24, 2.45) is 6.98 Å². The first-order chi connectivity index (χ1) is 15.7. The second kappa shape index (κ2) is 7.00. The quantitative estimate of drug-likeness (QED) is 0.468. The molecule has 0 spiro atoms. The minimum absolute atomic E-state index is 0.00168. The Balaban J connectivity index is 1.83. The molecule has 0 N–H and O–H groups in total. The Labute approximate surface area is 174 Å². The summed E-state index contributed by atoms with van der Waals surface area (Å²) in [5, 5.41) is 0.152. The van der Waals surface area contributed by atoms with Crippen LogP contribution in [0.5, 0.6) is 0 Å². The van der Waals surface area contributed by atoms with Gasteiger partial charge in [0, 0.05) is 40.5 Å². The van der Waals surface area contributed by atoms with Gasteiger partial charge in [-0.2, -0.15) is 18.2 Å². The fourth-order valence-electron chi connectivity index (χ4n) is 2.65. The smallest absolute Gasteiger partial charge is 0.333 e. The molecule has 4 aromatic rings. The maximum atomic E-state index is 13.1. The van der Waals surface area contributed by atoms with Crippen LogP contribution in [-0.2, 0) is 19.6 Å². The van der Waals surface area contributed by atoms with E-state index in [0.717, 1.165) is 10.6 Å². The number of hydrogen-bond donors (Lipinski definition) is 0. The molecule has 4 rings (SSSR count). The van der Waals surface area contributed by atoms with Crippen LogP contribution in [0, 0.1) is 0 Å². The highest BCUT2D eigenvalue weighted by Crippen LogP contribution is 2.30. The third-order valence-electron chi connectivity index (χ3n) is 3.98. The Kier molecular flexibility index (Phi) is 3.35. The zero-order valence-corrected chi connectivity index (χ0v) is 15.0. The SMILES string of the molecule is [2H]C([2H])([2H])n1cc(C(F)(F)F)nc1-c1ccc(C([2H])([2H])n2c(=O)ccc3cnc(Cl)nc32)cc1. The van der Waals surface area contributed by atoms with Gasteiger partial charge in [0.25, 0.3) is 5.56 Å². The van der Waals surface area contributed by atoms with Crippen molar-refractivity contribution in [2.45, 2.75) is 12.7 Å². The van der Waals surface area contributed by atoms with E-state index in [9.17, 15) is 18.0 Å². The number of hydrogen-bond acceptors (Lipinski definition) is 4. The number of imidazole rings is 1. The highest BCUT2D eigenvalue weighted by molar-refractivity contribution is 6.28. The molecule has 0 bridgehead atoms. The number of alkyl halides is 3. The molecule has 10 heteroatoms. The van der Waals surface area contributed by atoms with Crippen molar-refractivity contribution in [3.8, 4) is 11.4 Å². The summed E-state index contributed by atoms with van der Waals surface area (Å²) in [5.41, 5.74) is -2.21. The number of pyridine rings is 1. The first kappa shape index (κ1) is 13.9. The summed E-state index contributed by atoms with van der Waals surface area (Å²) in [6.45, 7) is -5.39. The molecular weight excluding hydrogens is 407 g/mol. The maximum Gasteiger partial charge on any atom is 0.434 e. The van der Waals surface area contributed by atoms with Gasteiger partial charge in [-0.1, -0.05) is 24.3 Å². The zero-order chi connectivity index (χ0) is 25.1. The Hall–Kier alpha value is -3.20. The number of halogens is 4. The zero-order valence-electron chi connectivity index (χ0n) is 19.3. The van der Waals surface area contributed by atoms with Gasteiger partial charge < -0.3 is 4.57 Å². The molecule has 0 saturated heterocycles. The summed E-state index contributed by atoms with van der Waals surface area (Å²) >= 11 is 5.82. The molecule has 0 unspecified atom stereocenters. The van der Waals surface area contributed by atoms with Crippen molar-refractivity contribution >= 4 is 22.6 Å². The van der Waals surface area contributed by atoms with Crippen molar-refractivity contribution in [3.63, 3.8) is 0 Å². The first-order valence-electron chi connectivity index (χ1n) is 10.5. The molecule has 29 heavy (non-hydrogen) atoms. The van der Waals surface area contributed by atoms with Gasteiger partial charge in [-0.3, -0.25) is 9.36 Å². The molecule has 6 nitrogen and oxygen atoms in total. The van der Waals surface area contributed by atoms with Crippen LogP contribution >= 0.6 is 11.6 Å². The number of aryl methyl sites for hydroxylation is 1. The van der Waals surface area contributed by atoms with Crippen LogP contribution < -0.4 is 5.56 Å². The molecule has 0 radical (unpaired) electrons. The molecule has 0 saturated carbocycles. The number of benzene rings is 1. The Bertz CT molecular complexity index is 1450. The van der Waals surface area contributed by atoms with E-state index in [1.54, 1.807) is 0 Å². The Morgan fingerprint density at radius 1 is 1.17 bits per heavy atom. The average Bonchev–Trinajstić information content (AvgIpc) is 3.20. The van der Waals surface area contributed by atoms with Gasteiger partial charge in [0.1, 0.15) is 11.5 Å². The number of nitrogens with zero attached hydrogens (tertiary/aromatic N) is 5. The molecule has 0 atom stereocenters. The first-order valence-corrected chi connectivity index (χ1v) is 8.40. The number of rotatable bonds is 3. The molecular formula is C19H13ClF3N5O.